The van der Waals surface area contributed by atoms with Crippen LogP contribution >= 0.6 is 39.1 Å². The van der Waals surface area contributed by atoms with Gasteiger partial charge in [-0.25, -0.2) is 9.97 Å². The summed E-state index contributed by atoms with van der Waals surface area (Å²) >= 11 is 15.3. The Morgan fingerprint density at radius 1 is 1.21 bits per heavy atom. The molecule has 6 heteroatoms. The minimum atomic E-state index is 0.436. The lowest BCUT2D eigenvalue weighted by molar-refractivity contribution is 0.837. The monoisotopic (exact) mass is 359 g/mol. The molecule has 0 saturated heterocycles. The summed E-state index contributed by atoms with van der Waals surface area (Å²) < 4.78 is 0.867. The third kappa shape index (κ3) is 4.06. The normalized spacial score (nSPS) is 10.5. The smallest absolute Gasteiger partial charge is 0.135 e. The van der Waals surface area contributed by atoms with Gasteiger partial charge in [-0.15, -0.1) is 0 Å². The Morgan fingerprint density at radius 3 is 2.68 bits per heavy atom. The van der Waals surface area contributed by atoms with Crippen molar-refractivity contribution in [2.75, 3.05) is 5.32 Å². The van der Waals surface area contributed by atoms with Gasteiger partial charge in [-0.1, -0.05) is 30.1 Å². The quantitative estimate of drug-likeness (QED) is 0.757. The molecule has 1 heterocycles. The maximum Gasteiger partial charge on any atom is 0.135 e. The fourth-order valence-electron chi connectivity index (χ4n) is 1.59. The number of anilines is 2. The number of hydrogen-bond donors (Lipinski definition) is 1. The molecule has 0 aliphatic heterocycles. The van der Waals surface area contributed by atoms with Crippen molar-refractivity contribution in [3.63, 3.8) is 0 Å². The van der Waals surface area contributed by atoms with E-state index in [2.05, 4.69) is 38.1 Å². The third-order valence-electron chi connectivity index (χ3n) is 2.41. The highest BCUT2D eigenvalue weighted by Gasteiger charge is 2.06. The van der Waals surface area contributed by atoms with Crippen molar-refractivity contribution in [3.05, 3.63) is 44.7 Å². The Bertz CT molecular complexity index is 590. The van der Waals surface area contributed by atoms with Gasteiger partial charge in [0, 0.05) is 22.0 Å². The lowest BCUT2D eigenvalue weighted by Crippen LogP contribution is -2.00. The van der Waals surface area contributed by atoms with E-state index in [1.54, 1.807) is 6.07 Å². The second kappa shape index (κ2) is 6.55. The molecular formula is C13H12BrCl2N3. The summed E-state index contributed by atoms with van der Waals surface area (Å²) in [5.74, 6) is 1.41. The van der Waals surface area contributed by atoms with Crippen LogP contribution in [0.2, 0.25) is 10.2 Å². The number of nitrogens with zero attached hydrogens (tertiary/aromatic N) is 2. The van der Waals surface area contributed by atoms with Gasteiger partial charge in [0.2, 0.25) is 0 Å². The number of rotatable bonds is 4. The summed E-state index contributed by atoms with van der Waals surface area (Å²) in [6, 6.07) is 7.20. The van der Waals surface area contributed by atoms with Gasteiger partial charge in [0.15, 0.2) is 0 Å². The standard InChI is InChI=1S/C13H12BrCl2N3/c1-2-3-12-18-11(16)7-13(19-12)17-10-5-4-8(15)6-9(10)14/h4-7H,2-3H2,1H3,(H,17,18,19). The maximum absolute atomic E-state index is 5.99. The van der Waals surface area contributed by atoms with E-state index in [1.165, 1.54) is 0 Å². The van der Waals surface area contributed by atoms with Crippen LogP contribution in [0.25, 0.3) is 0 Å². The first-order chi connectivity index (χ1) is 9.08. The van der Waals surface area contributed by atoms with Crippen LogP contribution in [-0.4, -0.2) is 9.97 Å². The van der Waals surface area contributed by atoms with E-state index in [-0.39, 0.29) is 0 Å². The van der Waals surface area contributed by atoms with Crippen LogP contribution in [0.15, 0.2) is 28.7 Å². The fraction of sp³-hybridized carbons (Fsp3) is 0.231. The highest BCUT2D eigenvalue weighted by Crippen LogP contribution is 2.28. The molecular weight excluding hydrogens is 349 g/mol. The lowest BCUT2D eigenvalue weighted by Gasteiger charge is -2.09. The second-order valence-electron chi connectivity index (χ2n) is 3.99. The third-order valence-corrected chi connectivity index (χ3v) is 3.49. The topological polar surface area (TPSA) is 37.8 Å². The molecule has 0 amide bonds. The highest BCUT2D eigenvalue weighted by molar-refractivity contribution is 9.10. The van der Waals surface area contributed by atoms with E-state index >= 15 is 0 Å². The molecule has 0 fully saturated rings. The van der Waals surface area contributed by atoms with E-state index in [1.807, 2.05) is 18.2 Å². The van der Waals surface area contributed by atoms with E-state index in [0.717, 1.165) is 28.8 Å². The molecule has 100 valence electrons. The molecule has 2 aromatic rings. The first-order valence-corrected chi connectivity index (χ1v) is 7.39. The molecule has 0 saturated carbocycles. The summed E-state index contributed by atoms with van der Waals surface area (Å²) in [6.07, 6.45) is 1.78. The summed E-state index contributed by atoms with van der Waals surface area (Å²) in [5, 5.41) is 4.31. The molecule has 0 bridgehead atoms. The van der Waals surface area contributed by atoms with Crippen LogP contribution in [0.5, 0.6) is 0 Å². The predicted molar refractivity (Wildman–Crippen MR) is 83.5 cm³/mol. The predicted octanol–water partition coefficient (Wildman–Crippen LogP) is 5.24. The maximum atomic E-state index is 5.99. The van der Waals surface area contributed by atoms with E-state index < -0.39 is 0 Å². The zero-order valence-corrected chi connectivity index (χ0v) is 13.3. The van der Waals surface area contributed by atoms with Gasteiger partial charge in [0.25, 0.3) is 0 Å². The molecule has 0 aliphatic rings. The fourth-order valence-corrected chi connectivity index (χ4v) is 2.58. The summed E-state index contributed by atoms with van der Waals surface area (Å²) in [6.45, 7) is 2.08. The number of aromatic nitrogens is 2. The molecule has 0 spiro atoms. The SMILES string of the molecule is CCCc1nc(Cl)cc(Nc2ccc(Cl)cc2Br)n1. The van der Waals surface area contributed by atoms with Crippen molar-refractivity contribution in [1.29, 1.82) is 0 Å². The van der Waals surface area contributed by atoms with Crippen LogP contribution in [-0.2, 0) is 6.42 Å². The van der Waals surface area contributed by atoms with Crippen molar-refractivity contribution in [2.45, 2.75) is 19.8 Å². The minimum absolute atomic E-state index is 0.436. The van der Waals surface area contributed by atoms with Gasteiger partial charge in [0.05, 0.1) is 5.69 Å². The molecule has 1 N–H and O–H groups in total. The average molecular weight is 361 g/mol. The average Bonchev–Trinajstić information content (AvgIpc) is 2.32. The van der Waals surface area contributed by atoms with Gasteiger partial charge in [-0.3, -0.25) is 0 Å². The first-order valence-electron chi connectivity index (χ1n) is 5.84. The Kier molecular flexibility index (Phi) is 5.02. The van der Waals surface area contributed by atoms with E-state index in [4.69, 9.17) is 23.2 Å². The van der Waals surface area contributed by atoms with Gasteiger partial charge in [0.1, 0.15) is 16.8 Å². The van der Waals surface area contributed by atoms with Gasteiger partial charge in [-0.05, 0) is 40.5 Å². The molecule has 3 nitrogen and oxygen atoms in total. The number of halogens is 3. The Balaban J connectivity index is 2.27. The summed E-state index contributed by atoms with van der Waals surface area (Å²) in [7, 11) is 0. The summed E-state index contributed by atoms with van der Waals surface area (Å²) in [4.78, 5) is 8.60. The van der Waals surface area contributed by atoms with Crippen molar-refractivity contribution in [3.8, 4) is 0 Å². The minimum Gasteiger partial charge on any atom is -0.339 e. The number of benzene rings is 1. The first kappa shape index (κ1) is 14.6. The van der Waals surface area contributed by atoms with Crippen LogP contribution < -0.4 is 5.32 Å². The Morgan fingerprint density at radius 2 is 2.00 bits per heavy atom. The van der Waals surface area contributed by atoms with Crippen LogP contribution in [0, 0.1) is 0 Å². The van der Waals surface area contributed by atoms with E-state index in [0.29, 0.717) is 16.0 Å². The number of hydrogen-bond acceptors (Lipinski definition) is 3. The molecule has 1 aromatic carbocycles. The molecule has 0 unspecified atom stereocenters. The Labute approximate surface area is 130 Å². The van der Waals surface area contributed by atoms with Crippen molar-refractivity contribution >= 4 is 50.6 Å². The molecule has 0 atom stereocenters. The van der Waals surface area contributed by atoms with Crippen molar-refractivity contribution in [2.24, 2.45) is 0 Å². The lowest BCUT2D eigenvalue weighted by atomic mass is 10.3. The zero-order valence-electron chi connectivity index (χ0n) is 10.3. The second-order valence-corrected chi connectivity index (χ2v) is 5.67. The molecule has 1 aromatic heterocycles. The van der Waals surface area contributed by atoms with Crippen LogP contribution in [0.4, 0.5) is 11.5 Å². The number of aryl methyl sites for hydroxylation is 1. The number of nitrogens with one attached hydrogen (secondary N) is 1. The van der Waals surface area contributed by atoms with Crippen LogP contribution in [0.1, 0.15) is 19.2 Å². The largest absolute Gasteiger partial charge is 0.339 e. The van der Waals surface area contributed by atoms with Crippen LogP contribution in [0.3, 0.4) is 0 Å². The van der Waals surface area contributed by atoms with E-state index in [9.17, 15) is 0 Å². The Hall–Kier alpha value is -0.840. The molecule has 0 aliphatic carbocycles. The van der Waals surface area contributed by atoms with Crippen molar-refractivity contribution in [1.82, 2.24) is 9.97 Å². The molecule has 0 radical (unpaired) electrons. The summed E-state index contributed by atoms with van der Waals surface area (Å²) in [5.41, 5.74) is 0.876. The van der Waals surface area contributed by atoms with Gasteiger partial charge >= 0.3 is 0 Å². The van der Waals surface area contributed by atoms with Crippen molar-refractivity contribution < 1.29 is 0 Å². The van der Waals surface area contributed by atoms with Gasteiger partial charge in [-0.2, -0.15) is 0 Å². The van der Waals surface area contributed by atoms with Gasteiger partial charge < -0.3 is 5.32 Å². The zero-order chi connectivity index (χ0) is 13.8. The molecule has 2 rings (SSSR count). The molecule has 19 heavy (non-hydrogen) atoms. The highest BCUT2D eigenvalue weighted by atomic mass is 79.9.